The van der Waals surface area contributed by atoms with Crippen LogP contribution in [0.3, 0.4) is 0 Å². The van der Waals surface area contributed by atoms with Crippen molar-refractivity contribution in [1.82, 2.24) is 9.97 Å². The summed E-state index contributed by atoms with van der Waals surface area (Å²) in [6, 6.07) is 0. The van der Waals surface area contributed by atoms with Gasteiger partial charge in [0.05, 0.1) is 17.8 Å². The molecule has 0 bridgehead atoms. The van der Waals surface area contributed by atoms with Crippen molar-refractivity contribution in [2.45, 2.75) is 6.92 Å². The van der Waals surface area contributed by atoms with Crippen LogP contribution in [0, 0.1) is 19.3 Å². The summed E-state index contributed by atoms with van der Waals surface area (Å²) in [5, 5.41) is 8.90. The molecular formula is C13H13N3O4. The third-order valence-corrected chi connectivity index (χ3v) is 2.23. The van der Waals surface area contributed by atoms with Gasteiger partial charge in [0, 0.05) is 6.20 Å². The molecule has 0 aliphatic rings. The number of aromatic carboxylic acids is 1. The van der Waals surface area contributed by atoms with Crippen LogP contribution >= 0.6 is 0 Å². The zero-order chi connectivity index (χ0) is 15.1. The lowest BCUT2D eigenvalue weighted by Crippen LogP contribution is -2.33. The lowest BCUT2D eigenvalue weighted by Gasteiger charge is -2.17. The molecule has 20 heavy (non-hydrogen) atoms. The van der Waals surface area contributed by atoms with Gasteiger partial charge < -0.3 is 9.84 Å². The highest BCUT2D eigenvalue weighted by Gasteiger charge is 2.20. The topological polar surface area (TPSA) is 92.6 Å². The Labute approximate surface area is 115 Å². The van der Waals surface area contributed by atoms with Crippen molar-refractivity contribution in [3.8, 4) is 12.3 Å². The fourth-order valence-electron chi connectivity index (χ4n) is 1.31. The molecule has 1 heterocycles. The summed E-state index contributed by atoms with van der Waals surface area (Å²) < 4.78 is 4.85. The smallest absolute Gasteiger partial charge is 0.417 e. The van der Waals surface area contributed by atoms with Gasteiger partial charge in [-0.1, -0.05) is 18.6 Å². The normalized spacial score (nSPS) is 9.40. The maximum absolute atomic E-state index is 11.8. The molecule has 0 atom stereocenters. The Morgan fingerprint density at radius 3 is 2.85 bits per heavy atom. The lowest BCUT2D eigenvalue weighted by molar-refractivity contribution is 0.0695. The predicted octanol–water partition coefficient (Wildman–Crippen LogP) is 1.25. The van der Waals surface area contributed by atoms with Gasteiger partial charge in [0.25, 0.3) is 0 Å². The predicted molar refractivity (Wildman–Crippen MR) is 71.5 cm³/mol. The van der Waals surface area contributed by atoms with Gasteiger partial charge in [-0.25, -0.2) is 24.5 Å². The second-order valence-electron chi connectivity index (χ2n) is 3.63. The van der Waals surface area contributed by atoms with Gasteiger partial charge in [0.15, 0.2) is 0 Å². The second-order valence-corrected chi connectivity index (χ2v) is 3.63. The number of aryl methyl sites for hydroxylation is 1. The van der Waals surface area contributed by atoms with Crippen LogP contribution in [0.5, 0.6) is 0 Å². The van der Waals surface area contributed by atoms with E-state index in [4.69, 9.17) is 16.3 Å². The van der Waals surface area contributed by atoms with E-state index < -0.39 is 12.1 Å². The molecule has 0 spiro atoms. The maximum atomic E-state index is 11.8. The first-order chi connectivity index (χ1) is 9.51. The number of ether oxygens (including phenoxy) is 1. The van der Waals surface area contributed by atoms with Crippen LogP contribution in [-0.4, -0.2) is 40.3 Å². The van der Waals surface area contributed by atoms with Crippen molar-refractivity contribution in [2.75, 3.05) is 18.1 Å². The monoisotopic (exact) mass is 275 g/mol. The van der Waals surface area contributed by atoms with E-state index >= 15 is 0 Å². The summed E-state index contributed by atoms with van der Waals surface area (Å²) in [4.78, 5) is 31.5. The number of carboxylic acid groups (broad SMARTS) is 1. The van der Waals surface area contributed by atoms with Crippen molar-refractivity contribution in [2.24, 2.45) is 0 Å². The summed E-state index contributed by atoms with van der Waals surface area (Å²) in [6.07, 6.45) is 6.97. The number of amides is 1. The van der Waals surface area contributed by atoms with Gasteiger partial charge in [-0.3, -0.25) is 0 Å². The number of hydrogen-bond donors (Lipinski definition) is 1. The summed E-state index contributed by atoms with van der Waals surface area (Å²) in [6.45, 7) is 4.85. The third kappa shape index (κ3) is 3.55. The molecule has 0 fully saturated rings. The molecule has 0 unspecified atom stereocenters. The Balaban J connectivity index is 3.06. The van der Waals surface area contributed by atoms with Crippen molar-refractivity contribution < 1.29 is 19.4 Å². The highest BCUT2D eigenvalue weighted by Crippen LogP contribution is 2.12. The first kappa shape index (κ1) is 15.2. The van der Waals surface area contributed by atoms with E-state index in [1.165, 1.54) is 13.0 Å². The number of nitrogens with zero attached hydrogens (tertiary/aromatic N) is 3. The zero-order valence-corrected chi connectivity index (χ0v) is 10.9. The van der Waals surface area contributed by atoms with Crippen LogP contribution in [-0.2, 0) is 4.74 Å². The van der Waals surface area contributed by atoms with E-state index in [1.54, 1.807) is 0 Å². The highest BCUT2D eigenvalue weighted by molar-refractivity contribution is 5.89. The SMILES string of the molecule is C#CCN(C(=O)OCC=C)c1ncc(C(=O)O)c(C)n1. The van der Waals surface area contributed by atoms with Crippen LogP contribution in [0.4, 0.5) is 10.7 Å². The van der Waals surface area contributed by atoms with Gasteiger partial charge in [0.2, 0.25) is 5.95 Å². The molecule has 7 nitrogen and oxygen atoms in total. The largest absolute Gasteiger partial charge is 0.478 e. The molecule has 0 aliphatic carbocycles. The van der Waals surface area contributed by atoms with E-state index in [2.05, 4.69) is 22.5 Å². The third-order valence-electron chi connectivity index (χ3n) is 2.23. The number of carbonyl (C=O) groups is 2. The quantitative estimate of drug-likeness (QED) is 0.642. The van der Waals surface area contributed by atoms with Crippen LogP contribution in [0.15, 0.2) is 18.9 Å². The van der Waals surface area contributed by atoms with Gasteiger partial charge in [-0.05, 0) is 6.92 Å². The lowest BCUT2D eigenvalue weighted by atomic mass is 10.2. The Kier molecular flexibility index (Phi) is 5.23. The van der Waals surface area contributed by atoms with Gasteiger partial charge >= 0.3 is 12.1 Å². The first-order valence-electron chi connectivity index (χ1n) is 5.56. The minimum atomic E-state index is -1.15. The first-order valence-corrected chi connectivity index (χ1v) is 5.56. The summed E-state index contributed by atoms with van der Waals surface area (Å²) in [7, 11) is 0. The van der Waals surface area contributed by atoms with Gasteiger partial charge in [0.1, 0.15) is 6.61 Å². The average Bonchev–Trinajstić information content (AvgIpc) is 2.41. The average molecular weight is 275 g/mol. The van der Waals surface area contributed by atoms with E-state index in [0.717, 1.165) is 11.1 Å². The van der Waals surface area contributed by atoms with Crippen LogP contribution in [0.2, 0.25) is 0 Å². The van der Waals surface area contributed by atoms with Crippen molar-refractivity contribution >= 4 is 18.0 Å². The fraction of sp³-hybridized carbons (Fsp3) is 0.231. The van der Waals surface area contributed by atoms with Gasteiger partial charge in [-0.15, -0.1) is 6.42 Å². The Morgan fingerprint density at radius 1 is 1.65 bits per heavy atom. The molecule has 104 valence electrons. The molecule has 1 aromatic heterocycles. The maximum Gasteiger partial charge on any atom is 0.417 e. The molecule has 1 amide bonds. The number of anilines is 1. The number of rotatable bonds is 5. The number of terminal acetylenes is 1. The molecule has 0 aliphatic heterocycles. The molecule has 0 saturated heterocycles. The molecule has 1 N–H and O–H groups in total. The Hall–Kier alpha value is -2.88. The van der Waals surface area contributed by atoms with E-state index in [1.807, 2.05) is 0 Å². The molecule has 1 rings (SSSR count). The highest BCUT2D eigenvalue weighted by atomic mass is 16.6. The van der Waals surface area contributed by atoms with E-state index in [0.29, 0.717) is 0 Å². The molecule has 0 saturated carbocycles. The summed E-state index contributed by atoms with van der Waals surface area (Å²) >= 11 is 0. The van der Waals surface area contributed by atoms with Crippen molar-refractivity contribution in [1.29, 1.82) is 0 Å². The zero-order valence-electron chi connectivity index (χ0n) is 10.9. The minimum Gasteiger partial charge on any atom is -0.478 e. The van der Waals surface area contributed by atoms with E-state index in [-0.39, 0.29) is 30.4 Å². The molecule has 0 radical (unpaired) electrons. The number of hydrogen-bond acceptors (Lipinski definition) is 5. The fourth-order valence-corrected chi connectivity index (χ4v) is 1.31. The van der Waals surface area contributed by atoms with Crippen molar-refractivity contribution in [3.05, 3.63) is 30.1 Å². The van der Waals surface area contributed by atoms with E-state index in [9.17, 15) is 9.59 Å². The minimum absolute atomic E-state index is 0.0143. The molecule has 1 aromatic rings. The van der Waals surface area contributed by atoms with Crippen LogP contribution in [0.25, 0.3) is 0 Å². The van der Waals surface area contributed by atoms with Crippen LogP contribution < -0.4 is 4.90 Å². The standard InChI is InChI=1S/C13H13N3O4/c1-4-6-16(13(19)20-7-5-2)12-14-8-10(11(17)18)9(3)15-12/h1,5,8H,2,6-7H2,3H3,(H,17,18). The Bertz CT molecular complexity index is 577. The summed E-state index contributed by atoms with van der Waals surface area (Å²) in [5.74, 6) is 1.12. The molecule has 0 aromatic carbocycles. The molecular weight excluding hydrogens is 262 g/mol. The summed E-state index contributed by atoms with van der Waals surface area (Å²) in [5.41, 5.74) is 0.176. The number of carboxylic acids is 1. The van der Waals surface area contributed by atoms with Crippen molar-refractivity contribution in [3.63, 3.8) is 0 Å². The van der Waals surface area contributed by atoms with Crippen LogP contribution in [0.1, 0.15) is 16.1 Å². The molecule has 7 heteroatoms. The second kappa shape index (κ2) is 6.89. The Morgan fingerprint density at radius 2 is 2.35 bits per heavy atom. The number of aromatic nitrogens is 2. The number of carbonyl (C=O) groups excluding carboxylic acids is 1. The van der Waals surface area contributed by atoms with Gasteiger partial charge in [-0.2, -0.15) is 0 Å².